The first kappa shape index (κ1) is 15.2. The van der Waals surface area contributed by atoms with Gasteiger partial charge in [-0.2, -0.15) is 0 Å². The highest BCUT2D eigenvalue weighted by Crippen LogP contribution is 2.29. The monoisotopic (exact) mass is 276 g/mol. The number of benzene rings is 1. The SMILES string of the molecule is CCC1CNC(C(C)(C)C)CN1c1cccc(OC)c1. The van der Waals surface area contributed by atoms with Crippen LogP contribution in [-0.2, 0) is 0 Å². The van der Waals surface area contributed by atoms with Crippen molar-refractivity contribution in [2.75, 3.05) is 25.1 Å². The molecule has 3 heteroatoms. The predicted molar refractivity (Wildman–Crippen MR) is 85.7 cm³/mol. The molecule has 112 valence electrons. The Kier molecular flexibility index (Phi) is 4.59. The summed E-state index contributed by atoms with van der Waals surface area (Å²) >= 11 is 0. The van der Waals surface area contributed by atoms with Gasteiger partial charge in [0, 0.05) is 36.9 Å². The third-order valence-electron chi connectivity index (χ3n) is 4.32. The van der Waals surface area contributed by atoms with E-state index in [0.29, 0.717) is 12.1 Å². The van der Waals surface area contributed by atoms with E-state index in [1.165, 1.54) is 5.69 Å². The van der Waals surface area contributed by atoms with Crippen molar-refractivity contribution < 1.29 is 4.74 Å². The third kappa shape index (κ3) is 3.26. The summed E-state index contributed by atoms with van der Waals surface area (Å²) in [5.41, 5.74) is 1.54. The molecule has 0 radical (unpaired) electrons. The molecular formula is C17H28N2O. The molecule has 1 heterocycles. The van der Waals surface area contributed by atoms with Crippen LogP contribution >= 0.6 is 0 Å². The van der Waals surface area contributed by atoms with Gasteiger partial charge in [-0.25, -0.2) is 0 Å². The van der Waals surface area contributed by atoms with Gasteiger partial charge in [0.15, 0.2) is 0 Å². The molecule has 1 aliphatic rings. The number of hydrogen-bond acceptors (Lipinski definition) is 3. The smallest absolute Gasteiger partial charge is 0.120 e. The molecule has 0 spiro atoms. The third-order valence-corrected chi connectivity index (χ3v) is 4.32. The number of nitrogens with zero attached hydrogens (tertiary/aromatic N) is 1. The van der Waals surface area contributed by atoms with Crippen molar-refractivity contribution >= 4 is 5.69 Å². The Morgan fingerprint density at radius 2 is 2.10 bits per heavy atom. The molecule has 0 aliphatic carbocycles. The highest BCUT2D eigenvalue weighted by atomic mass is 16.5. The van der Waals surface area contributed by atoms with Crippen molar-refractivity contribution in [2.24, 2.45) is 5.41 Å². The molecule has 1 N–H and O–H groups in total. The topological polar surface area (TPSA) is 24.5 Å². The van der Waals surface area contributed by atoms with Gasteiger partial charge in [0.05, 0.1) is 7.11 Å². The Hall–Kier alpha value is -1.22. The number of nitrogens with one attached hydrogen (secondary N) is 1. The van der Waals surface area contributed by atoms with E-state index in [2.05, 4.69) is 56.1 Å². The molecular weight excluding hydrogens is 248 g/mol. The van der Waals surface area contributed by atoms with Crippen LogP contribution < -0.4 is 15.0 Å². The molecule has 1 saturated heterocycles. The molecule has 20 heavy (non-hydrogen) atoms. The van der Waals surface area contributed by atoms with E-state index in [4.69, 9.17) is 4.74 Å². The molecule has 1 fully saturated rings. The summed E-state index contributed by atoms with van der Waals surface area (Å²) in [4.78, 5) is 2.54. The number of methoxy groups -OCH3 is 1. The van der Waals surface area contributed by atoms with Crippen molar-refractivity contribution in [2.45, 2.75) is 46.2 Å². The maximum absolute atomic E-state index is 5.37. The lowest BCUT2D eigenvalue weighted by atomic mass is 9.84. The zero-order valence-corrected chi connectivity index (χ0v) is 13.4. The maximum atomic E-state index is 5.37. The standard InChI is InChI=1S/C17H28N2O/c1-6-13-11-18-16(17(2,3)4)12-19(13)14-8-7-9-15(10-14)20-5/h7-10,13,16,18H,6,11-12H2,1-5H3. The summed E-state index contributed by atoms with van der Waals surface area (Å²) in [5, 5.41) is 3.72. The van der Waals surface area contributed by atoms with Crippen LogP contribution in [0, 0.1) is 5.41 Å². The van der Waals surface area contributed by atoms with Crippen molar-refractivity contribution in [3.8, 4) is 5.75 Å². The summed E-state index contributed by atoms with van der Waals surface area (Å²) in [6.45, 7) is 11.3. The minimum Gasteiger partial charge on any atom is -0.497 e. The summed E-state index contributed by atoms with van der Waals surface area (Å²) in [6.07, 6.45) is 1.15. The molecule has 1 aromatic carbocycles. The minimum atomic E-state index is 0.274. The van der Waals surface area contributed by atoms with E-state index in [-0.39, 0.29) is 5.41 Å². The molecule has 0 bridgehead atoms. The van der Waals surface area contributed by atoms with Crippen molar-refractivity contribution in [3.63, 3.8) is 0 Å². The predicted octanol–water partition coefficient (Wildman–Crippen LogP) is 3.30. The van der Waals surface area contributed by atoms with E-state index >= 15 is 0 Å². The van der Waals surface area contributed by atoms with Gasteiger partial charge in [-0.15, -0.1) is 0 Å². The second-order valence-corrected chi connectivity index (χ2v) is 6.74. The van der Waals surface area contributed by atoms with Crippen LogP contribution in [0.4, 0.5) is 5.69 Å². The summed E-state index contributed by atoms with van der Waals surface area (Å²) in [6, 6.07) is 9.49. The minimum absolute atomic E-state index is 0.274. The average molecular weight is 276 g/mol. The second kappa shape index (κ2) is 6.04. The molecule has 0 aromatic heterocycles. The van der Waals surface area contributed by atoms with Crippen LogP contribution in [0.2, 0.25) is 0 Å². The fraction of sp³-hybridized carbons (Fsp3) is 0.647. The Balaban J connectivity index is 2.24. The average Bonchev–Trinajstić information content (AvgIpc) is 2.45. The summed E-state index contributed by atoms with van der Waals surface area (Å²) < 4.78 is 5.37. The van der Waals surface area contributed by atoms with Crippen LogP contribution in [0.3, 0.4) is 0 Å². The van der Waals surface area contributed by atoms with E-state index < -0.39 is 0 Å². The van der Waals surface area contributed by atoms with Gasteiger partial charge in [0.25, 0.3) is 0 Å². The quantitative estimate of drug-likeness (QED) is 0.917. The molecule has 0 amide bonds. The molecule has 1 aliphatic heterocycles. The van der Waals surface area contributed by atoms with Crippen molar-refractivity contribution in [1.82, 2.24) is 5.32 Å². The first-order valence-corrected chi connectivity index (χ1v) is 7.59. The van der Waals surface area contributed by atoms with E-state index in [0.717, 1.165) is 25.3 Å². The largest absolute Gasteiger partial charge is 0.497 e. The Morgan fingerprint density at radius 3 is 2.70 bits per heavy atom. The van der Waals surface area contributed by atoms with E-state index in [1.807, 2.05) is 6.07 Å². The normalized spacial score (nSPS) is 23.8. The van der Waals surface area contributed by atoms with E-state index in [9.17, 15) is 0 Å². The molecule has 2 atom stereocenters. The van der Waals surface area contributed by atoms with Gasteiger partial charge < -0.3 is 15.0 Å². The van der Waals surface area contributed by atoms with Crippen molar-refractivity contribution in [1.29, 1.82) is 0 Å². The first-order valence-electron chi connectivity index (χ1n) is 7.59. The van der Waals surface area contributed by atoms with Gasteiger partial charge >= 0.3 is 0 Å². The van der Waals surface area contributed by atoms with Crippen LogP contribution in [0.25, 0.3) is 0 Å². The molecule has 0 saturated carbocycles. The Morgan fingerprint density at radius 1 is 1.35 bits per heavy atom. The second-order valence-electron chi connectivity index (χ2n) is 6.74. The number of rotatable bonds is 3. The summed E-state index contributed by atoms with van der Waals surface area (Å²) in [5.74, 6) is 0.934. The number of anilines is 1. The molecule has 1 aromatic rings. The molecule has 2 unspecified atom stereocenters. The highest BCUT2D eigenvalue weighted by molar-refractivity contribution is 5.52. The van der Waals surface area contributed by atoms with Crippen LogP contribution in [-0.4, -0.2) is 32.3 Å². The van der Waals surface area contributed by atoms with E-state index in [1.54, 1.807) is 7.11 Å². The van der Waals surface area contributed by atoms with Crippen LogP contribution in [0.1, 0.15) is 34.1 Å². The zero-order chi connectivity index (χ0) is 14.8. The van der Waals surface area contributed by atoms with Gasteiger partial charge in [-0.05, 0) is 24.0 Å². The molecule has 2 rings (SSSR count). The summed E-state index contributed by atoms with van der Waals surface area (Å²) in [7, 11) is 1.73. The number of piperazine rings is 1. The lowest BCUT2D eigenvalue weighted by Crippen LogP contribution is -2.60. The van der Waals surface area contributed by atoms with Crippen molar-refractivity contribution in [3.05, 3.63) is 24.3 Å². The Labute approximate surface area is 123 Å². The Bertz CT molecular complexity index is 439. The van der Waals surface area contributed by atoms with Gasteiger partial charge in [-0.1, -0.05) is 33.8 Å². The lowest BCUT2D eigenvalue weighted by Gasteiger charge is -2.46. The van der Waals surface area contributed by atoms with Gasteiger partial charge in [-0.3, -0.25) is 0 Å². The number of hydrogen-bond donors (Lipinski definition) is 1. The van der Waals surface area contributed by atoms with Gasteiger partial charge in [0.1, 0.15) is 5.75 Å². The maximum Gasteiger partial charge on any atom is 0.120 e. The molecule has 3 nitrogen and oxygen atoms in total. The van der Waals surface area contributed by atoms with Crippen LogP contribution in [0.15, 0.2) is 24.3 Å². The first-order chi connectivity index (χ1) is 9.45. The fourth-order valence-electron chi connectivity index (χ4n) is 2.85. The van der Waals surface area contributed by atoms with Gasteiger partial charge in [0.2, 0.25) is 0 Å². The lowest BCUT2D eigenvalue weighted by molar-refractivity contribution is 0.233. The fourth-order valence-corrected chi connectivity index (χ4v) is 2.85. The zero-order valence-electron chi connectivity index (χ0n) is 13.4. The number of ether oxygens (including phenoxy) is 1. The highest BCUT2D eigenvalue weighted by Gasteiger charge is 2.33. The van der Waals surface area contributed by atoms with Crippen LogP contribution in [0.5, 0.6) is 5.75 Å².